The van der Waals surface area contributed by atoms with Crippen LogP contribution in [0.2, 0.25) is 5.02 Å². The molecule has 2 aromatic rings. The number of anilines is 2. The summed E-state index contributed by atoms with van der Waals surface area (Å²) in [6, 6.07) is 8.81. The molecule has 0 bridgehead atoms. The summed E-state index contributed by atoms with van der Waals surface area (Å²) in [5, 5.41) is 16.8. The molecule has 0 aromatic heterocycles. The fourth-order valence-electron chi connectivity index (χ4n) is 2.29. The van der Waals surface area contributed by atoms with E-state index < -0.39 is 22.9 Å². The van der Waals surface area contributed by atoms with Gasteiger partial charge in [-0.25, -0.2) is 4.79 Å². The molecule has 0 heterocycles. The molecule has 0 spiro atoms. The molecule has 0 unspecified atom stereocenters. The number of esters is 1. The first-order valence-electron chi connectivity index (χ1n) is 7.97. The number of amides is 1. The van der Waals surface area contributed by atoms with Crippen LogP contribution in [0.15, 0.2) is 36.4 Å². The Kier molecular flexibility index (Phi) is 6.36. The number of benzene rings is 2. The first-order valence-corrected chi connectivity index (χ1v) is 8.35. The maximum absolute atomic E-state index is 12.4. The van der Waals surface area contributed by atoms with E-state index in [2.05, 4.69) is 10.6 Å². The summed E-state index contributed by atoms with van der Waals surface area (Å²) in [5.74, 6) is -1.40. The highest BCUT2D eigenvalue weighted by Crippen LogP contribution is 2.25. The Balaban J connectivity index is 2.15. The van der Waals surface area contributed by atoms with Crippen molar-refractivity contribution in [3.8, 4) is 0 Å². The SMILES string of the molecule is CNc1ccc([N+](=O)[O-])cc1C(=O)O[C@@H](C)C(=O)Nc1cccc(Cl)c1C. The summed E-state index contributed by atoms with van der Waals surface area (Å²) < 4.78 is 5.17. The normalized spacial score (nSPS) is 11.4. The van der Waals surface area contributed by atoms with E-state index in [9.17, 15) is 19.7 Å². The van der Waals surface area contributed by atoms with Gasteiger partial charge in [0.25, 0.3) is 11.6 Å². The number of halogens is 1. The minimum absolute atomic E-state index is 0.0368. The highest BCUT2D eigenvalue weighted by Gasteiger charge is 2.23. The molecule has 2 rings (SSSR count). The molecule has 2 N–H and O–H groups in total. The fourth-order valence-corrected chi connectivity index (χ4v) is 2.46. The lowest BCUT2D eigenvalue weighted by Crippen LogP contribution is -2.30. The third-order valence-electron chi connectivity index (χ3n) is 3.88. The molecular formula is C18H18ClN3O5. The molecule has 2 aromatic carbocycles. The van der Waals surface area contributed by atoms with Crippen LogP contribution in [-0.4, -0.2) is 30.0 Å². The van der Waals surface area contributed by atoms with Crippen molar-refractivity contribution in [1.82, 2.24) is 0 Å². The predicted octanol–water partition coefficient (Wildman–Crippen LogP) is 3.78. The predicted molar refractivity (Wildman–Crippen MR) is 102 cm³/mol. The molecule has 0 radical (unpaired) electrons. The maximum atomic E-state index is 12.4. The van der Waals surface area contributed by atoms with Crippen molar-refractivity contribution in [2.24, 2.45) is 0 Å². The summed E-state index contributed by atoms with van der Waals surface area (Å²) in [4.78, 5) is 35.0. The molecule has 0 saturated heterocycles. The number of nitrogens with one attached hydrogen (secondary N) is 2. The number of non-ortho nitro benzene ring substituents is 1. The first-order chi connectivity index (χ1) is 12.7. The molecule has 0 fully saturated rings. The number of nitrogens with zero attached hydrogens (tertiary/aromatic N) is 1. The summed E-state index contributed by atoms with van der Waals surface area (Å²) in [6.07, 6.45) is -1.13. The zero-order valence-corrected chi connectivity index (χ0v) is 15.7. The summed E-state index contributed by atoms with van der Waals surface area (Å²) in [5.41, 5.74) is 1.24. The van der Waals surface area contributed by atoms with E-state index in [1.54, 1.807) is 32.2 Å². The Morgan fingerprint density at radius 1 is 1.22 bits per heavy atom. The Hall–Kier alpha value is -3.13. The van der Waals surface area contributed by atoms with Crippen molar-refractivity contribution in [2.75, 3.05) is 17.7 Å². The van der Waals surface area contributed by atoms with Crippen LogP contribution in [0.3, 0.4) is 0 Å². The van der Waals surface area contributed by atoms with E-state index >= 15 is 0 Å². The van der Waals surface area contributed by atoms with Crippen LogP contribution < -0.4 is 10.6 Å². The molecule has 0 saturated carbocycles. The second-order valence-corrected chi connectivity index (χ2v) is 6.09. The molecule has 0 aliphatic heterocycles. The monoisotopic (exact) mass is 391 g/mol. The Bertz CT molecular complexity index is 901. The summed E-state index contributed by atoms with van der Waals surface area (Å²) >= 11 is 6.02. The van der Waals surface area contributed by atoms with Crippen LogP contribution in [-0.2, 0) is 9.53 Å². The lowest BCUT2D eigenvalue weighted by atomic mass is 10.1. The summed E-state index contributed by atoms with van der Waals surface area (Å²) in [6.45, 7) is 3.15. The zero-order chi connectivity index (χ0) is 20.1. The van der Waals surface area contributed by atoms with Gasteiger partial charge < -0.3 is 15.4 Å². The Morgan fingerprint density at radius 2 is 1.93 bits per heavy atom. The van der Waals surface area contributed by atoms with E-state index in [0.29, 0.717) is 22.0 Å². The van der Waals surface area contributed by atoms with Gasteiger partial charge in [-0.2, -0.15) is 0 Å². The van der Waals surface area contributed by atoms with Crippen molar-refractivity contribution in [3.63, 3.8) is 0 Å². The van der Waals surface area contributed by atoms with Crippen molar-refractivity contribution >= 4 is 40.5 Å². The minimum Gasteiger partial charge on any atom is -0.449 e. The van der Waals surface area contributed by atoms with Gasteiger partial charge in [0.15, 0.2) is 6.10 Å². The Morgan fingerprint density at radius 3 is 2.56 bits per heavy atom. The number of nitro groups is 1. The lowest BCUT2D eigenvalue weighted by molar-refractivity contribution is -0.384. The van der Waals surface area contributed by atoms with Gasteiger partial charge in [0, 0.05) is 35.6 Å². The van der Waals surface area contributed by atoms with E-state index in [1.165, 1.54) is 19.1 Å². The number of carbonyl (C=O) groups is 2. The van der Waals surface area contributed by atoms with Crippen LogP contribution >= 0.6 is 11.6 Å². The molecule has 1 amide bonds. The quantitative estimate of drug-likeness (QED) is 0.440. The number of nitro benzene ring substituents is 1. The van der Waals surface area contributed by atoms with Crippen molar-refractivity contribution in [1.29, 1.82) is 0 Å². The van der Waals surface area contributed by atoms with Crippen molar-refractivity contribution in [3.05, 3.63) is 62.7 Å². The third-order valence-corrected chi connectivity index (χ3v) is 4.29. The number of rotatable bonds is 6. The molecule has 0 aliphatic carbocycles. The van der Waals surface area contributed by atoms with Crippen molar-refractivity contribution < 1.29 is 19.2 Å². The van der Waals surface area contributed by atoms with Crippen molar-refractivity contribution in [2.45, 2.75) is 20.0 Å². The zero-order valence-electron chi connectivity index (χ0n) is 14.9. The second kappa shape index (κ2) is 8.50. The van der Waals surface area contributed by atoms with Gasteiger partial charge in [-0.3, -0.25) is 14.9 Å². The molecule has 27 heavy (non-hydrogen) atoms. The average molecular weight is 392 g/mol. The first kappa shape index (κ1) is 20.2. The van der Waals surface area contributed by atoms with Gasteiger partial charge in [0.1, 0.15) is 0 Å². The molecular weight excluding hydrogens is 374 g/mol. The standard InChI is InChI=1S/C18H18ClN3O5/c1-10-14(19)5-4-6-15(10)21-17(23)11(2)27-18(24)13-9-12(22(25)26)7-8-16(13)20-3/h4-9,11,20H,1-3H3,(H,21,23)/t11-/m0/s1. The molecule has 142 valence electrons. The van der Waals surface area contributed by atoms with Gasteiger partial charge >= 0.3 is 5.97 Å². The van der Waals surface area contributed by atoms with Gasteiger partial charge in [0.05, 0.1) is 10.5 Å². The maximum Gasteiger partial charge on any atom is 0.341 e. The van der Waals surface area contributed by atoms with Crippen LogP contribution in [0, 0.1) is 17.0 Å². The topological polar surface area (TPSA) is 111 Å². The van der Waals surface area contributed by atoms with E-state index in [-0.39, 0.29) is 11.3 Å². The van der Waals surface area contributed by atoms with Gasteiger partial charge in [-0.05, 0) is 37.6 Å². The van der Waals surface area contributed by atoms with Crippen LogP contribution in [0.1, 0.15) is 22.8 Å². The van der Waals surface area contributed by atoms with Gasteiger partial charge in [-0.15, -0.1) is 0 Å². The van der Waals surface area contributed by atoms with E-state index in [0.717, 1.165) is 6.07 Å². The number of hydrogen-bond donors (Lipinski definition) is 2. The molecule has 8 nitrogen and oxygen atoms in total. The van der Waals surface area contributed by atoms with Gasteiger partial charge in [-0.1, -0.05) is 17.7 Å². The lowest BCUT2D eigenvalue weighted by Gasteiger charge is -2.16. The molecule has 0 aliphatic rings. The molecule has 1 atom stereocenters. The number of hydrogen-bond acceptors (Lipinski definition) is 6. The fraction of sp³-hybridized carbons (Fsp3) is 0.222. The number of carbonyl (C=O) groups excluding carboxylic acids is 2. The highest BCUT2D eigenvalue weighted by atomic mass is 35.5. The van der Waals surface area contributed by atoms with Crippen LogP contribution in [0.25, 0.3) is 0 Å². The second-order valence-electron chi connectivity index (χ2n) is 5.69. The average Bonchev–Trinajstić information content (AvgIpc) is 2.64. The molecule has 9 heteroatoms. The van der Waals surface area contributed by atoms with Crippen LogP contribution in [0.4, 0.5) is 17.1 Å². The van der Waals surface area contributed by atoms with Crippen LogP contribution in [0.5, 0.6) is 0 Å². The number of ether oxygens (including phenoxy) is 1. The van der Waals surface area contributed by atoms with E-state index in [4.69, 9.17) is 16.3 Å². The largest absolute Gasteiger partial charge is 0.449 e. The third kappa shape index (κ3) is 4.73. The smallest absolute Gasteiger partial charge is 0.341 e. The Labute approximate surface area is 160 Å². The minimum atomic E-state index is -1.13. The van der Waals surface area contributed by atoms with Gasteiger partial charge in [0.2, 0.25) is 0 Å². The summed E-state index contributed by atoms with van der Waals surface area (Å²) in [7, 11) is 1.57. The van der Waals surface area contributed by atoms with E-state index in [1.807, 2.05) is 0 Å². The highest BCUT2D eigenvalue weighted by molar-refractivity contribution is 6.31.